The van der Waals surface area contributed by atoms with E-state index in [-0.39, 0.29) is 0 Å². The third-order valence-corrected chi connectivity index (χ3v) is 2.31. The highest BCUT2D eigenvalue weighted by Crippen LogP contribution is 2.17. The summed E-state index contributed by atoms with van der Waals surface area (Å²) in [5.41, 5.74) is 5.02. The number of hydrogen-bond acceptors (Lipinski definition) is 2. The Bertz CT molecular complexity index is 574. The summed E-state index contributed by atoms with van der Waals surface area (Å²) < 4.78 is 0. The summed E-state index contributed by atoms with van der Waals surface area (Å²) in [7, 11) is 0. The molecular formula is C13H14N2O4. The van der Waals surface area contributed by atoms with Gasteiger partial charge in [0.25, 0.3) is 0 Å². The van der Waals surface area contributed by atoms with Gasteiger partial charge in [0, 0.05) is 6.54 Å². The molecule has 0 heterocycles. The lowest BCUT2D eigenvalue weighted by Gasteiger charge is -2.05. The maximum Gasteiger partial charge on any atom is 0.404 e. The molecule has 2 aromatic carbocycles. The summed E-state index contributed by atoms with van der Waals surface area (Å²) >= 11 is 0. The largest absolute Gasteiger partial charge is 0.465 e. The van der Waals surface area contributed by atoms with Crippen LogP contribution in [0.2, 0.25) is 0 Å². The van der Waals surface area contributed by atoms with E-state index in [2.05, 4.69) is 11.1 Å². The second-order valence-electron chi connectivity index (χ2n) is 3.64. The predicted octanol–water partition coefficient (Wildman–Crippen LogP) is 2.23. The molecule has 0 unspecified atom stereocenters. The van der Waals surface area contributed by atoms with Gasteiger partial charge >= 0.3 is 12.2 Å². The van der Waals surface area contributed by atoms with Gasteiger partial charge in [-0.1, -0.05) is 42.5 Å². The molecule has 0 aliphatic heterocycles. The number of nitrogens with one attached hydrogen (secondary N) is 1. The van der Waals surface area contributed by atoms with E-state index < -0.39 is 12.2 Å². The standard InChI is InChI=1S/C12H11NO2.CH3NO2/c14-12(15)13-8-10-6-3-5-9-4-1-2-7-11(9)10;2-1(3)4/h1-7,13H,8H2,(H,14,15);2H2,(H,3,4). The van der Waals surface area contributed by atoms with Crippen molar-refractivity contribution in [3.8, 4) is 0 Å². The van der Waals surface area contributed by atoms with Crippen LogP contribution in [0.15, 0.2) is 42.5 Å². The molecule has 19 heavy (non-hydrogen) atoms. The smallest absolute Gasteiger partial charge is 0.404 e. The van der Waals surface area contributed by atoms with Crippen LogP contribution in [-0.2, 0) is 6.54 Å². The lowest BCUT2D eigenvalue weighted by molar-refractivity contribution is 0.194. The van der Waals surface area contributed by atoms with Gasteiger partial charge in [-0.3, -0.25) is 0 Å². The van der Waals surface area contributed by atoms with Crippen molar-refractivity contribution in [3.63, 3.8) is 0 Å². The molecule has 0 radical (unpaired) electrons. The molecule has 0 spiro atoms. The third-order valence-electron chi connectivity index (χ3n) is 2.31. The minimum atomic E-state index is -1.33. The molecule has 0 aliphatic carbocycles. The summed E-state index contributed by atoms with van der Waals surface area (Å²) in [6.45, 7) is 0.344. The highest BCUT2D eigenvalue weighted by molar-refractivity contribution is 5.85. The van der Waals surface area contributed by atoms with Crippen LogP contribution in [0.25, 0.3) is 10.8 Å². The second kappa shape index (κ2) is 6.85. The monoisotopic (exact) mass is 262 g/mol. The first kappa shape index (κ1) is 14.3. The minimum Gasteiger partial charge on any atom is -0.465 e. The Balaban J connectivity index is 0.000000399. The van der Waals surface area contributed by atoms with Crippen LogP contribution in [0.1, 0.15) is 5.56 Å². The van der Waals surface area contributed by atoms with Gasteiger partial charge in [-0.05, 0) is 16.3 Å². The zero-order chi connectivity index (χ0) is 14.3. The maximum absolute atomic E-state index is 10.4. The molecule has 2 rings (SSSR count). The number of fused-ring (bicyclic) bond motifs is 1. The SMILES string of the molecule is NC(=O)O.O=C(O)NCc1cccc2ccccc12. The van der Waals surface area contributed by atoms with Crippen LogP contribution >= 0.6 is 0 Å². The average Bonchev–Trinajstić information content (AvgIpc) is 2.35. The van der Waals surface area contributed by atoms with Crippen molar-refractivity contribution in [2.75, 3.05) is 0 Å². The Morgan fingerprint density at radius 2 is 1.63 bits per heavy atom. The summed E-state index contributed by atoms with van der Waals surface area (Å²) in [5, 5.41) is 20.3. The van der Waals surface area contributed by atoms with Crippen molar-refractivity contribution in [2.45, 2.75) is 6.54 Å². The van der Waals surface area contributed by atoms with E-state index in [9.17, 15) is 4.79 Å². The van der Waals surface area contributed by atoms with Gasteiger partial charge in [0.2, 0.25) is 0 Å². The lowest BCUT2D eigenvalue weighted by atomic mass is 10.0. The molecule has 0 bridgehead atoms. The fourth-order valence-electron chi connectivity index (χ4n) is 1.62. The minimum absolute atomic E-state index is 0.344. The number of primary amides is 1. The highest BCUT2D eigenvalue weighted by atomic mass is 16.4. The molecule has 5 N–H and O–H groups in total. The molecule has 0 fully saturated rings. The van der Waals surface area contributed by atoms with Crippen molar-refractivity contribution in [1.29, 1.82) is 0 Å². The number of carbonyl (C=O) groups is 2. The molecule has 6 heteroatoms. The molecule has 6 nitrogen and oxygen atoms in total. The van der Waals surface area contributed by atoms with E-state index >= 15 is 0 Å². The Labute approximate surface area is 109 Å². The average molecular weight is 262 g/mol. The van der Waals surface area contributed by atoms with Crippen molar-refractivity contribution in [3.05, 3.63) is 48.0 Å². The Morgan fingerprint density at radius 3 is 2.26 bits per heavy atom. The molecular weight excluding hydrogens is 248 g/mol. The molecule has 100 valence electrons. The Kier molecular flexibility index (Phi) is 5.16. The third kappa shape index (κ3) is 4.95. The second-order valence-corrected chi connectivity index (χ2v) is 3.64. The fourth-order valence-corrected chi connectivity index (χ4v) is 1.62. The summed E-state index contributed by atoms with van der Waals surface area (Å²) in [6, 6.07) is 13.8. The molecule has 0 saturated carbocycles. The first-order chi connectivity index (χ1) is 9.00. The van der Waals surface area contributed by atoms with Crippen LogP contribution in [0.5, 0.6) is 0 Å². The van der Waals surface area contributed by atoms with Gasteiger partial charge in [-0.2, -0.15) is 0 Å². The molecule has 0 aliphatic rings. The van der Waals surface area contributed by atoms with Crippen molar-refractivity contribution in [1.82, 2.24) is 5.32 Å². The number of amides is 2. The number of hydrogen-bond donors (Lipinski definition) is 4. The van der Waals surface area contributed by atoms with Gasteiger partial charge in [0.05, 0.1) is 0 Å². The number of benzene rings is 2. The van der Waals surface area contributed by atoms with E-state index in [1.807, 2.05) is 42.5 Å². The molecule has 2 aromatic rings. The lowest BCUT2D eigenvalue weighted by Crippen LogP contribution is -2.19. The fraction of sp³-hybridized carbons (Fsp3) is 0.0769. The van der Waals surface area contributed by atoms with Gasteiger partial charge in [0.15, 0.2) is 0 Å². The van der Waals surface area contributed by atoms with Crippen molar-refractivity contribution >= 4 is 23.0 Å². The molecule has 0 aromatic heterocycles. The van der Waals surface area contributed by atoms with E-state index in [1.54, 1.807) is 0 Å². The zero-order valence-electron chi connectivity index (χ0n) is 10.0. The summed E-state index contributed by atoms with van der Waals surface area (Å²) in [6.07, 6.45) is -2.33. The van der Waals surface area contributed by atoms with E-state index in [0.717, 1.165) is 16.3 Å². The molecule has 0 atom stereocenters. The van der Waals surface area contributed by atoms with Crippen LogP contribution in [0, 0.1) is 0 Å². The van der Waals surface area contributed by atoms with Crippen molar-refractivity contribution in [2.24, 2.45) is 5.73 Å². The van der Waals surface area contributed by atoms with Crippen LogP contribution in [0.4, 0.5) is 9.59 Å². The maximum atomic E-state index is 10.4. The van der Waals surface area contributed by atoms with Gasteiger partial charge in [-0.25, -0.2) is 9.59 Å². The number of nitrogens with two attached hydrogens (primary N) is 1. The number of rotatable bonds is 2. The Hall–Kier alpha value is -2.76. The van der Waals surface area contributed by atoms with E-state index in [4.69, 9.17) is 15.0 Å². The first-order valence-electron chi connectivity index (χ1n) is 5.42. The van der Waals surface area contributed by atoms with Crippen LogP contribution < -0.4 is 11.1 Å². The summed E-state index contributed by atoms with van der Waals surface area (Å²) in [4.78, 5) is 19.2. The topological polar surface area (TPSA) is 113 Å². The predicted molar refractivity (Wildman–Crippen MR) is 71.0 cm³/mol. The highest BCUT2D eigenvalue weighted by Gasteiger charge is 2.01. The van der Waals surface area contributed by atoms with Crippen LogP contribution in [-0.4, -0.2) is 22.4 Å². The molecule has 0 saturated heterocycles. The van der Waals surface area contributed by atoms with Crippen LogP contribution in [0.3, 0.4) is 0 Å². The van der Waals surface area contributed by atoms with Gasteiger partial charge in [-0.15, -0.1) is 0 Å². The summed E-state index contributed by atoms with van der Waals surface area (Å²) in [5.74, 6) is 0. The first-order valence-corrected chi connectivity index (χ1v) is 5.42. The molecule has 2 amide bonds. The number of carboxylic acid groups (broad SMARTS) is 2. The quantitative estimate of drug-likeness (QED) is 0.664. The van der Waals surface area contributed by atoms with Gasteiger partial charge < -0.3 is 21.3 Å². The zero-order valence-corrected chi connectivity index (χ0v) is 10.0. The Morgan fingerprint density at radius 1 is 1.05 bits per heavy atom. The van der Waals surface area contributed by atoms with Gasteiger partial charge in [0.1, 0.15) is 0 Å². The van der Waals surface area contributed by atoms with E-state index in [0.29, 0.717) is 6.54 Å². The normalized spacial score (nSPS) is 9.26. The van der Waals surface area contributed by atoms with Crippen molar-refractivity contribution < 1.29 is 19.8 Å². The van der Waals surface area contributed by atoms with E-state index in [1.165, 1.54) is 0 Å².